The topological polar surface area (TPSA) is 799 Å². The van der Waals surface area contributed by atoms with Crippen molar-refractivity contribution in [2.24, 2.45) is 69.5 Å². The number of likely N-dealkylation sites (tertiary alicyclic amines) is 2. The molecule has 0 aromatic heterocycles. The van der Waals surface area contributed by atoms with Gasteiger partial charge in [0.2, 0.25) is 130 Å². The Bertz CT molecular complexity index is 4380. The predicted molar refractivity (Wildman–Crippen MR) is 509 cm³/mol. The highest BCUT2D eigenvalue weighted by atomic mass is 33.1. The summed E-state index contributed by atoms with van der Waals surface area (Å²) in [6.07, 6.45) is -4.91. The molecule has 5 rings (SSSR count). The van der Waals surface area contributed by atoms with Gasteiger partial charge in [-0.3, -0.25) is 105 Å². The van der Waals surface area contributed by atoms with Crippen LogP contribution in [0, 0.1) is 23.7 Å². The zero-order valence-electron chi connectivity index (χ0n) is 78.2. The van der Waals surface area contributed by atoms with E-state index in [9.17, 15) is 96.5 Å². The lowest BCUT2D eigenvalue weighted by molar-refractivity contribution is -0.142. The third-order valence-electron chi connectivity index (χ3n) is 22.6. The molecule has 3 aliphatic heterocycles. The van der Waals surface area contributed by atoms with Crippen LogP contribution >= 0.6 is 43.2 Å². The number of carbonyl (C=O) groups excluding carboxylic acids is 22. The second kappa shape index (κ2) is 57.8. The lowest BCUT2D eigenvalue weighted by Gasteiger charge is -2.32. The van der Waals surface area contributed by atoms with E-state index >= 15 is 19.2 Å². The molecule has 0 spiro atoms. The molecule has 3 aliphatic rings. The first-order chi connectivity index (χ1) is 65.0. The molecule has 32 N–H and O–H groups in total. The van der Waals surface area contributed by atoms with Gasteiger partial charge in [-0.1, -0.05) is 136 Å². The molecule has 3 heterocycles. The quantitative estimate of drug-likeness (QED) is 0.0290. The van der Waals surface area contributed by atoms with Crippen LogP contribution in [0.3, 0.4) is 0 Å². The van der Waals surface area contributed by atoms with Crippen molar-refractivity contribution in [2.45, 2.75) is 255 Å². The summed E-state index contributed by atoms with van der Waals surface area (Å²) < 4.78 is 0. The largest absolute Gasteiger partial charge is 0.508 e. The van der Waals surface area contributed by atoms with Gasteiger partial charge in [-0.05, 0) is 110 Å². The van der Waals surface area contributed by atoms with Gasteiger partial charge in [-0.2, -0.15) is 0 Å². The van der Waals surface area contributed by atoms with E-state index in [1.165, 1.54) is 48.5 Å². The highest BCUT2D eigenvalue weighted by Gasteiger charge is 2.45. The molecule has 22 amide bonds. The summed E-state index contributed by atoms with van der Waals surface area (Å²) >= 11 is 0. The predicted octanol–water partition coefficient (Wildman–Crippen LogP) is -7.22. The number of nitrogens with zero attached hydrogens (tertiary/aromatic N) is 2. The third-order valence-corrected chi connectivity index (χ3v) is 27.5. The number of aromatic hydroxyl groups is 2. The fourth-order valence-corrected chi connectivity index (χ4v) is 19.2. The standard InChI is InChI=1S/C86H132N24O24S4/c1-9-43(7)69-83(131)97-51(23-25-63(89)113)75(123)101-57(33-65(91)115)77(125)105-59(85(133)109-27-11-13-61(109)81(129)103-53(29-41(3)4)73(121)95-35-67(93)117)39-137-138-40-60(86(134)110-28-12-14-62(110)82(130)104-54(30-42(5)6)74(122)96-36-68(94)118)106-78(126)58(34-66(92)116)102-76(124)52(24-26-64(90)114)98-84(132)70(44(8)10-2)108-80(128)56(32-46-17-21-48(112)22-18-46)100-72(120)50(88)38-136-135-37-49(87)71(119)99-55(79(127)107-69)31-45-15-19-47(111)20-16-45/h15-22,41-44,49-62,69-70,111-112H,9-14,23-40,87-88H2,1-8H3,(H2,89,113)(H2,90,114)(H2,91,115)(H2,92,116)(H2,93,117)(H2,94,118)(H,95,121)(H,96,122)(H,97,131)(H,98,132)(H,99,119)(H,100,120)(H,101,123)(H,102,124)(H,103,129)(H,104,130)(H,105,125)(H,106,126)(H,107,127)(H,108,128). The van der Waals surface area contributed by atoms with Gasteiger partial charge in [0.25, 0.3) is 0 Å². The minimum atomic E-state index is -2.11. The fraction of sp³-hybridized carbons (Fsp3) is 0.605. The number of phenolic OH excluding ortho intramolecular Hbond substituents is 2. The molecule has 2 aromatic carbocycles. The molecule has 764 valence electrons. The molecule has 0 aliphatic carbocycles. The van der Waals surface area contributed by atoms with E-state index in [1.54, 1.807) is 55.4 Å². The van der Waals surface area contributed by atoms with Crippen molar-refractivity contribution in [1.82, 2.24) is 84.2 Å². The Morgan fingerprint density at radius 3 is 1.00 bits per heavy atom. The minimum absolute atomic E-state index is 0.000499. The molecule has 52 heteroatoms. The smallest absolute Gasteiger partial charge is 0.246 e. The number of carbonyl (C=O) groups is 22. The maximum absolute atomic E-state index is 15.6. The Hall–Kier alpha value is -12.3. The summed E-state index contributed by atoms with van der Waals surface area (Å²) in [7, 11) is 3.31. The van der Waals surface area contributed by atoms with Crippen LogP contribution < -0.4 is 120 Å². The Morgan fingerprint density at radius 2 is 0.696 bits per heavy atom. The van der Waals surface area contributed by atoms with Crippen LogP contribution in [-0.2, 0) is 118 Å². The molecule has 0 radical (unpaired) electrons. The molecule has 0 saturated carbocycles. The van der Waals surface area contributed by atoms with Gasteiger partial charge < -0.3 is 140 Å². The summed E-state index contributed by atoms with van der Waals surface area (Å²) in [5, 5.41) is 55.6. The van der Waals surface area contributed by atoms with Crippen LogP contribution in [0.25, 0.3) is 0 Å². The molecule has 18 atom stereocenters. The van der Waals surface area contributed by atoms with Gasteiger partial charge in [-0.25, -0.2) is 0 Å². The van der Waals surface area contributed by atoms with Gasteiger partial charge in [0.15, 0.2) is 0 Å². The highest BCUT2D eigenvalue weighted by Crippen LogP contribution is 2.30. The summed E-state index contributed by atoms with van der Waals surface area (Å²) in [6, 6.07) is -15.5. The van der Waals surface area contributed by atoms with Crippen LogP contribution in [0.1, 0.15) is 156 Å². The zero-order valence-corrected chi connectivity index (χ0v) is 81.4. The van der Waals surface area contributed by atoms with Gasteiger partial charge in [0, 0.05) is 61.8 Å². The molecule has 138 heavy (non-hydrogen) atoms. The third kappa shape index (κ3) is 39.3. The van der Waals surface area contributed by atoms with E-state index in [0.717, 1.165) is 31.4 Å². The van der Waals surface area contributed by atoms with Gasteiger partial charge in [0.05, 0.1) is 38.0 Å². The Morgan fingerprint density at radius 1 is 0.391 bits per heavy atom. The Labute approximate surface area is 813 Å². The number of nitrogens with two attached hydrogens (primary N) is 8. The first-order valence-electron chi connectivity index (χ1n) is 45.1. The molecule has 3 saturated heterocycles. The number of hydrogen-bond acceptors (Lipinski definition) is 30. The summed E-state index contributed by atoms with van der Waals surface area (Å²) in [5.41, 5.74) is 47.0. The van der Waals surface area contributed by atoms with E-state index in [-0.39, 0.29) is 112 Å². The van der Waals surface area contributed by atoms with Crippen LogP contribution in [-0.4, -0.2) is 296 Å². The van der Waals surface area contributed by atoms with Gasteiger partial charge in [0.1, 0.15) is 96.1 Å². The number of benzene rings is 2. The number of hydrogen-bond donors (Lipinski definition) is 24. The van der Waals surface area contributed by atoms with Crippen molar-refractivity contribution in [2.75, 3.05) is 49.2 Å². The van der Waals surface area contributed by atoms with Crippen LogP contribution in [0.15, 0.2) is 48.5 Å². The van der Waals surface area contributed by atoms with Crippen molar-refractivity contribution in [1.29, 1.82) is 0 Å². The number of nitrogens with one attached hydrogen (secondary N) is 14. The van der Waals surface area contributed by atoms with Crippen molar-refractivity contribution in [3.63, 3.8) is 0 Å². The van der Waals surface area contributed by atoms with Crippen LogP contribution in [0.4, 0.5) is 0 Å². The lowest BCUT2D eigenvalue weighted by Crippen LogP contribution is -2.61. The summed E-state index contributed by atoms with van der Waals surface area (Å²) in [5.74, 6) is -27.4. The maximum atomic E-state index is 15.6. The zero-order chi connectivity index (χ0) is 103. The van der Waals surface area contributed by atoms with Crippen molar-refractivity contribution in [3.05, 3.63) is 59.7 Å². The molecule has 3 fully saturated rings. The Balaban J connectivity index is 1.74. The maximum Gasteiger partial charge on any atom is 0.246 e. The fourth-order valence-electron chi connectivity index (χ4n) is 14.7. The number of primary amides is 6. The molecule has 18 unspecified atom stereocenters. The van der Waals surface area contributed by atoms with E-state index in [0.29, 0.717) is 32.7 Å². The van der Waals surface area contributed by atoms with E-state index < -0.39 is 302 Å². The Kier molecular flexibility index (Phi) is 48.7. The van der Waals surface area contributed by atoms with Crippen molar-refractivity contribution in [3.8, 4) is 11.5 Å². The number of amides is 22. The van der Waals surface area contributed by atoms with Crippen molar-refractivity contribution >= 4 is 173 Å². The molecular weight excluding hydrogens is 1880 g/mol. The van der Waals surface area contributed by atoms with E-state index in [1.807, 2.05) is 0 Å². The van der Waals surface area contributed by atoms with Crippen LogP contribution in [0.2, 0.25) is 0 Å². The minimum Gasteiger partial charge on any atom is -0.508 e. The number of rotatable bonds is 34. The molecule has 0 bridgehead atoms. The summed E-state index contributed by atoms with van der Waals surface area (Å²) in [6.45, 7) is 11.6. The normalized spacial score (nSPS) is 24.3. The molecule has 2 aromatic rings. The average Bonchev–Trinajstić information content (AvgIpc) is 1.66. The molecular formula is C86H132N24O24S4. The summed E-state index contributed by atoms with van der Waals surface area (Å²) in [4.78, 5) is 313. The lowest BCUT2D eigenvalue weighted by atomic mass is 9.96. The SMILES string of the molecule is CCC(C)C1NC(=O)C(Cc2ccc(O)cc2)NC(=O)C(N)CSSCC(N)C(=O)NC(Cc2ccc(O)cc2)C(=O)NC(C(C)CC)C(=O)NC(CCC(N)=O)C(=O)NC(CC(N)=O)C(=O)NC(C(=O)N2CCCC2C(=O)NC(CC(C)C)C(=O)NCC(N)=O)CSSCC(C(=O)N2CCCC2C(=O)NC(CC(C)C)C(=O)NCC(N)=O)NC(=O)C(CC(N)=O)NC(=O)C(CCC(N)=O)NC1=O. The second-order valence-electron chi connectivity index (χ2n) is 34.8. The number of phenols is 2. The van der Waals surface area contributed by atoms with Gasteiger partial charge >= 0.3 is 0 Å². The highest BCUT2D eigenvalue weighted by molar-refractivity contribution is 8.77. The van der Waals surface area contributed by atoms with E-state index in [4.69, 9.17) is 45.9 Å². The van der Waals surface area contributed by atoms with Crippen molar-refractivity contribution < 1.29 is 116 Å². The monoisotopic (exact) mass is 2010 g/mol. The second-order valence-corrected chi connectivity index (χ2v) is 39.9. The molecule has 48 nitrogen and oxygen atoms in total. The van der Waals surface area contributed by atoms with Gasteiger partial charge in [-0.15, -0.1) is 0 Å². The van der Waals surface area contributed by atoms with Crippen LogP contribution in [0.5, 0.6) is 11.5 Å². The first kappa shape index (κ1) is 116. The first-order valence-corrected chi connectivity index (χ1v) is 50.1. The average molecular weight is 2010 g/mol. The van der Waals surface area contributed by atoms with E-state index in [2.05, 4.69) is 74.4 Å².